The molecule has 0 bridgehead atoms. The Bertz CT molecular complexity index is 855. The van der Waals surface area contributed by atoms with E-state index in [-0.39, 0.29) is 43.4 Å². The Morgan fingerprint density at radius 2 is 2.11 bits per heavy atom. The van der Waals surface area contributed by atoms with Crippen molar-refractivity contribution >= 4 is 57.8 Å². The molecule has 9 nitrogen and oxygen atoms in total. The lowest BCUT2D eigenvalue weighted by atomic mass is 10.2. The maximum Gasteiger partial charge on any atom is 0.303 e. The van der Waals surface area contributed by atoms with Gasteiger partial charge in [-0.15, -0.1) is 0 Å². The van der Waals surface area contributed by atoms with Crippen LogP contribution in [0.1, 0.15) is 24.8 Å². The average Bonchev–Trinajstić information content (AvgIpc) is 2.90. The number of carboxylic acids is 1. The molecule has 11 heteroatoms. The predicted octanol–water partition coefficient (Wildman–Crippen LogP) is 2.17. The zero-order chi connectivity index (χ0) is 20.7. The summed E-state index contributed by atoms with van der Waals surface area (Å²) in [4.78, 5) is 46.7. The standard InChI is InChI=1S/C17H17N3O6S2/c21-14(18-7-2-5-15(22)23)6-8-19-16(24)13(28-17(19)27)10-11-3-1-4-12(9-11)20(25)26/h1,3-4,9-10H,2,5-8H2,(H,18,21)(H,22,23)/b13-10-. The summed E-state index contributed by atoms with van der Waals surface area (Å²) < 4.78 is 0.306. The molecule has 1 heterocycles. The van der Waals surface area contributed by atoms with Gasteiger partial charge in [-0.25, -0.2) is 0 Å². The molecule has 0 saturated carbocycles. The number of aliphatic carboxylic acids is 1. The minimum Gasteiger partial charge on any atom is -0.481 e. The first-order chi connectivity index (χ1) is 13.3. The summed E-state index contributed by atoms with van der Waals surface area (Å²) in [6.45, 7) is 0.345. The van der Waals surface area contributed by atoms with Crippen molar-refractivity contribution in [3.8, 4) is 0 Å². The molecule has 1 aliphatic heterocycles. The van der Waals surface area contributed by atoms with E-state index in [1.807, 2.05) is 0 Å². The third-order valence-corrected chi connectivity index (χ3v) is 5.08. The average molecular weight is 423 g/mol. The van der Waals surface area contributed by atoms with Crippen LogP contribution in [-0.2, 0) is 14.4 Å². The molecular weight excluding hydrogens is 406 g/mol. The number of hydrogen-bond donors (Lipinski definition) is 2. The third-order valence-electron chi connectivity index (χ3n) is 3.70. The van der Waals surface area contributed by atoms with E-state index in [1.165, 1.54) is 29.2 Å². The SMILES string of the molecule is O=C(O)CCCNC(=O)CCN1C(=O)/C(=C/c2cccc([N+](=O)[O-])c2)SC1=S. The first-order valence-electron chi connectivity index (χ1n) is 8.26. The molecule has 0 aromatic heterocycles. The highest BCUT2D eigenvalue weighted by molar-refractivity contribution is 8.26. The lowest BCUT2D eigenvalue weighted by Crippen LogP contribution is -2.33. The van der Waals surface area contributed by atoms with Crippen molar-refractivity contribution in [1.82, 2.24) is 10.2 Å². The Balaban J connectivity index is 1.92. The molecule has 1 aliphatic rings. The number of carbonyl (C=O) groups is 3. The molecule has 2 N–H and O–H groups in total. The highest BCUT2D eigenvalue weighted by Crippen LogP contribution is 2.33. The number of nitrogens with zero attached hydrogens (tertiary/aromatic N) is 2. The number of non-ortho nitro benzene ring substituents is 1. The molecule has 0 unspecified atom stereocenters. The van der Waals surface area contributed by atoms with Crippen LogP contribution in [0.15, 0.2) is 29.2 Å². The van der Waals surface area contributed by atoms with Crippen LogP contribution in [0.3, 0.4) is 0 Å². The Hall–Kier alpha value is -2.79. The van der Waals surface area contributed by atoms with Crippen molar-refractivity contribution in [2.75, 3.05) is 13.1 Å². The van der Waals surface area contributed by atoms with Crippen molar-refractivity contribution in [2.45, 2.75) is 19.3 Å². The van der Waals surface area contributed by atoms with Gasteiger partial charge in [0.25, 0.3) is 11.6 Å². The van der Waals surface area contributed by atoms with E-state index in [1.54, 1.807) is 6.07 Å². The van der Waals surface area contributed by atoms with E-state index in [0.29, 0.717) is 21.2 Å². The van der Waals surface area contributed by atoms with E-state index in [2.05, 4.69) is 5.32 Å². The van der Waals surface area contributed by atoms with E-state index in [4.69, 9.17) is 17.3 Å². The maximum atomic E-state index is 12.5. The summed E-state index contributed by atoms with van der Waals surface area (Å²) in [6, 6.07) is 5.89. The fourth-order valence-electron chi connectivity index (χ4n) is 2.34. The highest BCUT2D eigenvalue weighted by atomic mass is 32.2. The van der Waals surface area contributed by atoms with Crippen molar-refractivity contribution in [3.63, 3.8) is 0 Å². The Morgan fingerprint density at radius 1 is 1.36 bits per heavy atom. The molecule has 2 amide bonds. The van der Waals surface area contributed by atoms with Gasteiger partial charge in [-0.05, 0) is 18.1 Å². The summed E-state index contributed by atoms with van der Waals surface area (Å²) in [7, 11) is 0. The Morgan fingerprint density at radius 3 is 2.79 bits per heavy atom. The molecule has 0 spiro atoms. The number of hydrogen-bond acceptors (Lipinski definition) is 7. The molecule has 0 radical (unpaired) electrons. The molecular formula is C17H17N3O6S2. The predicted molar refractivity (Wildman–Crippen MR) is 107 cm³/mol. The van der Waals surface area contributed by atoms with Crippen molar-refractivity contribution in [2.24, 2.45) is 0 Å². The van der Waals surface area contributed by atoms with E-state index in [0.717, 1.165) is 11.8 Å². The van der Waals surface area contributed by atoms with E-state index >= 15 is 0 Å². The van der Waals surface area contributed by atoms with Gasteiger partial charge in [-0.3, -0.25) is 29.4 Å². The molecule has 1 fully saturated rings. The van der Waals surface area contributed by atoms with E-state index in [9.17, 15) is 24.5 Å². The van der Waals surface area contributed by atoms with Gasteiger partial charge < -0.3 is 10.4 Å². The maximum absolute atomic E-state index is 12.5. The van der Waals surface area contributed by atoms with Gasteiger partial charge in [0.05, 0.1) is 9.83 Å². The fourth-order valence-corrected chi connectivity index (χ4v) is 3.65. The second kappa shape index (κ2) is 9.95. The van der Waals surface area contributed by atoms with Crippen LogP contribution < -0.4 is 5.32 Å². The fraction of sp³-hybridized carbons (Fsp3) is 0.294. The van der Waals surface area contributed by atoms with Crippen LogP contribution in [0.2, 0.25) is 0 Å². The van der Waals surface area contributed by atoms with Crippen LogP contribution >= 0.6 is 24.0 Å². The third kappa shape index (κ3) is 6.13. The number of carboxylic acid groups (broad SMARTS) is 1. The molecule has 2 rings (SSSR count). The van der Waals surface area contributed by atoms with Gasteiger partial charge in [0.2, 0.25) is 5.91 Å². The van der Waals surface area contributed by atoms with Crippen LogP contribution in [-0.4, -0.2) is 50.1 Å². The molecule has 1 aromatic carbocycles. The number of benzene rings is 1. The van der Waals surface area contributed by atoms with Crippen molar-refractivity contribution in [3.05, 3.63) is 44.8 Å². The normalized spacial score (nSPS) is 15.1. The van der Waals surface area contributed by atoms with Crippen molar-refractivity contribution in [1.29, 1.82) is 0 Å². The molecule has 148 valence electrons. The van der Waals surface area contributed by atoms with Gasteiger partial charge in [-0.1, -0.05) is 36.1 Å². The second-order valence-corrected chi connectivity index (χ2v) is 7.46. The number of carbonyl (C=O) groups excluding carboxylic acids is 2. The summed E-state index contributed by atoms with van der Waals surface area (Å²) >= 11 is 6.26. The summed E-state index contributed by atoms with van der Waals surface area (Å²) in [6.07, 6.45) is 1.85. The number of nitro groups is 1. The summed E-state index contributed by atoms with van der Waals surface area (Å²) in [5.41, 5.74) is 0.426. The quantitative estimate of drug-likeness (QED) is 0.203. The first kappa shape index (κ1) is 21.5. The van der Waals surface area contributed by atoms with Crippen molar-refractivity contribution < 1.29 is 24.4 Å². The minimum absolute atomic E-state index is 0.0303. The first-order valence-corrected chi connectivity index (χ1v) is 9.48. The van der Waals surface area contributed by atoms with Gasteiger partial charge in [0, 0.05) is 38.1 Å². The number of thiocarbonyl (C=S) groups is 1. The summed E-state index contributed by atoms with van der Waals surface area (Å²) in [5.74, 6) is -1.59. The molecule has 0 aliphatic carbocycles. The number of nitro benzene ring substituents is 1. The zero-order valence-corrected chi connectivity index (χ0v) is 16.3. The summed E-state index contributed by atoms with van der Waals surface area (Å²) in [5, 5.41) is 22.0. The molecule has 0 atom stereocenters. The number of amides is 2. The Labute approximate surface area is 169 Å². The van der Waals surface area contributed by atoms with E-state index < -0.39 is 10.9 Å². The van der Waals surface area contributed by atoms with Gasteiger partial charge in [0.15, 0.2) is 0 Å². The highest BCUT2D eigenvalue weighted by Gasteiger charge is 2.32. The molecule has 1 saturated heterocycles. The minimum atomic E-state index is -0.928. The topological polar surface area (TPSA) is 130 Å². The molecule has 1 aromatic rings. The molecule has 28 heavy (non-hydrogen) atoms. The second-order valence-electron chi connectivity index (χ2n) is 5.78. The van der Waals surface area contributed by atoms with Crippen LogP contribution in [0.4, 0.5) is 5.69 Å². The zero-order valence-electron chi connectivity index (χ0n) is 14.6. The Kier molecular flexibility index (Phi) is 7.64. The monoisotopic (exact) mass is 423 g/mol. The lowest BCUT2D eigenvalue weighted by Gasteiger charge is -2.14. The van der Waals surface area contributed by atoms with Crippen LogP contribution in [0.25, 0.3) is 6.08 Å². The number of rotatable bonds is 9. The number of thioether (sulfide) groups is 1. The largest absolute Gasteiger partial charge is 0.481 e. The van der Waals surface area contributed by atoms with Gasteiger partial charge >= 0.3 is 5.97 Å². The number of nitrogens with one attached hydrogen (secondary N) is 1. The van der Waals surface area contributed by atoms with Crippen LogP contribution in [0.5, 0.6) is 0 Å². The van der Waals surface area contributed by atoms with Gasteiger partial charge in [0.1, 0.15) is 4.32 Å². The lowest BCUT2D eigenvalue weighted by molar-refractivity contribution is -0.384. The van der Waals surface area contributed by atoms with Gasteiger partial charge in [-0.2, -0.15) is 0 Å². The van der Waals surface area contributed by atoms with Crippen LogP contribution in [0, 0.1) is 10.1 Å². The smallest absolute Gasteiger partial charge is 0.303 e.